The Morgan fingerprint density at radius 3 is 2.54 bits per heavy atom. The van der Waals surface area contributed by atoms with Crippen LogP contribution in [0.15, 0.2) is 0 Å². The number of rotatable bonds is 4. The summed E-state index contributed by atoms with van der Waals surface area (Å²) in [6.45, 7) is 8.34. The van der Waals surface area contributed by atoms with Crippen LogP contribution in [0.1, 0.15) is 46.0 Å². The third-order valence-corrected chi connectivity index (χ3v) is 6.56. The average Bonchev–Trinajstić information content (AvgIpc) is 2.95. The molecule has 3 aliphatic rings. The van der Waals surface area contributed by atoms with E-state index < -0.39 is 0 Å². The van der Waals surface area contributed by atoms with Crippen LogP contribution in [-0.2, 0) is 4.79 Å². The van der Waals surface area contributed by atoms with Crippen LogP contribution in [0, 0.1) is 11.8 Å². The number of amides is 5. The predicted molar refractivity (Wildman–Crippen MR) is 107 cm³/mol. The highest BCUT2D eigenvalue weighted by Crippen LogP contribution is 2.31. The van der Waals surface area contributed by atoms with Crippen molar-refractivity contribution in [2.24, 2.45) is 11.8 Å². The first-order chi connectivity index (χ1) is 13.3. The average molecular weight is 394 g/mol. The van der Waals surface area contributed by atoms with E-state index in [4.69, 9.17) is 0 Å². The molecule has 0 aromatic rings. The molecule has 1 unspecified atom stereocenters. The largest absolute Gasteiger partial charge is 0.343 e. The minimum Gasteiger partial charge on any atom is -0.343 e. The molecule has 8 heteroatoms. The van der Waals surface area contributed by atoms with E-state index in [9.17, 15) is 14.4 Å². The van der Waals surface area contributed by atoms with Gasteiger partial charge in [-0.05, 0) is 37.5 Å². The molecule has 28 heavy (non-hydrogen) atoms. The van der Waals surface area contributed by atoms with Gasteiger partial charge in [0.25, 0.3) is 0 Å². The zero-order valence-electron chi connectivity index (χ0n) is 17.5. The van der Waals surface area contributed by atoms with E-state index in [0.29, 0.717) is 45.1 Å². The number of carbonyl (C=O) groups is 3. The Bertz CT molecular complexity index is 601. The zero-order valence-corrected chi connectivity index (χ0v) is 17.5. The van der Waals surface area contributed by atoms with Crippen molar-refractivity contribution in [1.82, 2.24) is 25.3 Å². The topological polar surface area (TPSA) is 85.0 Å². The summed E-state index contributed by atoms with van der Waals surface area (Å²) in [6, 6.07) is -0.0231. The van der Waals surface area contributed by atoms with E-state index >= 15 is 0 Å². The molecule has 3 aliphatic heterocycles. The minimum absolute atomic E-state index is 0.00722. The molecule has 0 radical (unpaired) electrons. The Morgan fingerprint density at radius 1 is 1.21 bits per heavy atom. The summed E-state index contributed by atoms with van der Waals surface area (Å²) in [5.74, 6) is 0.849. The van der Waals surface area contributed by atoms with E-state index in [-0.39, 0.29) is 29.4 Å². The van der Waals surface area contributed by atoms with Gasteiger partial charge in [0.2, 0.25) is 5.91 Å². The molecule has 158 valence electrons. The van der Waals surface area contributed by atoms with Crippen molar-refractivity contribution in [2.75, 3.05) is 46.3 Å². The summed E-state index contributed by atoms with van der Waals surface area (Å²) in [6.07, 6.45) is 4.10. The lowest BCUT2D eigenvalue weighted by Crippen LogP contribution is -2.54. The number of hydrogen-bond acceptors (Lipinski definition) is 3. The van der Waals surface area contributed by atoms with Crippen LogP contribution in [0.3, 0.4) is 0 Å². The van der Waals surface area contributed by atoms with E-state index in [1.807, 2.05) is 21.7 Å². The number of likely N-dealkylation sites (N-methyl/N-ethyl adjacent to an activating group) is 1. The van der Waals surface area contributed by atoms with Gasteiger partial charge < -0.3 is 25.3 Å². The van der Waals surface area contributed by atoms with Crippen molar-refractivity contribution in [1.29, 1.82) is 0 Å². The van der Waals surface area contributed by atoms with E-state index in [0.717, 1.165) is 32.2 Å². The van der Waals surface area contributed by atoms with Gasteiger partial charge in [-0.2, -0.15) is 0 Å². The maximum absolute atomic E-state index is 12.8. The van der Waals surface area contributed by atoms with Gasteiger partial charge in [0, 0.05) is 52.7 Å². The second kappa shape index (κ2) is 8.57. The van der Waals surface area contributed by atoms with E-state index in [2.05, 4.69) is 24.5 Å². The van der Waals surface area contributed by atoms with Gasteiger partial charge in [0.15, 0.2) is 0 Å². The van der Waals surface area contributed by atoms with Crippen LogP contribution in [0.25, 0.3) is 0 Å². The predicted octanol–water partition coefficient (Wildman–Crippen LogP) is 1.47. The summed E-state index contributed by atoms with van der Waals surface area (Å²) >= 11 is 0. The first-order valence-corrected chi connectivity index (χ1v) is 10.6. The molecule has 2 N–H and O–H groups in total. The van der Waals surface area contributed by atoms with Gasteiger partial charge >= 0.3 is 12.1 Å². The molecule has 5 amide bonds. The van der Waals surface area contributed by atoms with Gasteiger partial charge in [-0.1, -0.05) is 13.8 Å². The van der Waals surface area contributed by atoms with Crippen LogP contribution >= 0.6 is 0 Å². The molecule has 3 fully saturated rings. The number of carbonyl (C=O) groups excluding carboxylic acids is 3. The third-order valence-electron chi connectivity index (χ3n) is 6.56. The van der Waals surface area contributed by atoms with Crippen LogP contribution in [0.2, 0.25) is 0 Å². The Balaban J connectivity index is 1.46. The van der Waals surface area contributed by atoms with Crippen LogP contribution in [0.4, 0.5) is 9.59 Å². The monoisotopic (exact) mass is 393 g/mol. The third kappa shape index (κ3) is 4.52. The second-order valence-electron chi connectivity index (χ2n) is 9.06. The summed E-state index contributed by atoms with van der Waals surface area (Å²) in [4.78, 5) is 42.5. The fourth-order valence-electron chi connectivity index (χ4n) is 4.57. The number of nitrogens with one attached hydrogen (secondary N) is 2. The number of hydrogen-bond donors (Lipinski definition) is 2. The molecule has 3 rings (SSSR count). The molecule has 8 nitrogen and oxygen atoms in total. The quantitative estimate of drug-likeness (QED) is 0.759. The molecule has 1 spiro atoms. The standard InChI is InChI=1S/C20H35N5O3/c1-15(2)12-21-19(28)25-8-4-5-16(13-25)11-17(26)24-9-6-20(7-10-24)14-22-18(27)23(20)3/h15-16H,4-14H2,1-3H3,(H,21,28)(H,22,27). The maximum Gasteiger partial charge on any atom is 0.317 e. The van der Waals surface area contributed by atoms with Gasteiger partial charge in [0.05, 0.1) is 5.54 Å². The van der Waals surface area contributed by atoms with Gasteiger partial charge in [-0.15, -0.1) is 0 Å². The van der Waals surface area contributed by atoms with Crippen molar-refractivity contribution in [3.05, 3.63) is 0 Å². The Hall–Kier alpha value is -1.99. The van der Waals surface area contributed by atoms with Crippen molar-refractivity contribution in [3.8, 4) is 0 Å². The van der Waals surface area contributed by atoms with E-state index in [1.54, 1.807) is 0 Å². The molecule has 3 saturated heterocycles. The molecule has 0 saturated carbocycles. The normalized spacial score (nSPS) is 24.6. The lowest BCUT2D eigenvalue weighted by atomic mass is 9.86. The highest BCUT2D eigenvalue weighted by Gasteiger charge is 2.45. The Kier molecular flexibility index (Phi) is 6.35. The molecule has 0 aromatic heterocycles. The van der Waals surface area contributed by atoms with Crippen LogP contribution < -0.4 is 10.6 Å². The summed E-state index contributed by atoms with van der Waals surface area (Å²) < 4.78 is 0. The fraction of sp³-hybridized carbons (Fsp3) is 0.850. The summed E-state index contributed by atoms with van der Waals surface area (Å²) in [5, 5.41) is 5.89. The first-order valence-electron chi connectivity index (χ1n) is 10.6. The van der Waals surface area contributed by atoms with Gasteiger partial charge in [-0.3, -0.25) is 4.79 Å². The molecule has 0 aliphatic carbocycles. The lowest BCUT2D eigenvalue weighted by Gasteiger charge is -2.42. The Labute approximate surface area is 168 Å². The lowest BCUT2D eigenvalue weighted by molar-refractivity contribution is -0.134. The van der Waals surface area contributed by atoms with Crippen molar-refractivity contribution < 1.29 is 14.4 Å². The summed E-state index contributed by atoms with van der Waals surface area (Å²) in [7, 11) is 1.85. The maximum atomic E-state index is 12.8. The fourth-order valence-corrected chi connectivity index (χ4v) is 4.57. The summed E-state index contributed by atoms with van der Waals surface area (Å²) in [5.41, 5.74) is -0.135. The number of likely N-dealkylation sites (tertiary alicyclic amines) is 2. The number of piperidine rings is 2. The highest BCUT2D eigenvalue weighted by molar-refractivity contribution is 5.79. The van der Waals surface area contributed by atoms with E-state index in [1.165, 1.54) is 0 Å². The van der Waals surface area contributed by atoms with Gasteiger partial charge in [-0.25, -0.2) is 9.59 Å². The molecule has 0 aromatic carbocycles. The SMILES string of the molecule is CC(C)CNC(=O)N1CCCC(CC(=O)N2CCC3(CC2)CNC(=O)N3C)C1. The molecular weight excluding hydrogens is 358 g/mol. The van der Waals surface area contributed by atoms with Crippen molar-refractivity contribution >= 4 is 18.0 Å². The van der Waals surface area contributed by atoms with Crippen LogP contribution in [-0.4, -0.2) is 84.5 Å². The highest BCUT2D eigenvalue weighted by atomic mass is 16.2. The molecular formula is C20H35N5O3. The van der Waals surface area contributed by atoms with Gasteiger partial charge in [0.1, 0.15) is 0 Å². The zero-order chi connectivity index (χ0) is 20.3. The number of nitrogens with zero attached hydrogens (tertiary/aromatic N) is 3. The van der Waals surface area contributed by atoms with Crippen molar-refractivity contribution in [3.63, 3.8) is 0 Å². The molecule has 3 heterocycles. The smallest absolute Gasteiger partial charge is 0.317 e. The van der Waals surface area contributed by atoms with Crippen molar-refractivity contribution in [2.45, 2.75) is 51.5 Å². The van der Waals surface area contributed by atoms with Crippen LogP contribution in [0.5, 0.6) is 0 Å². The second-order valence-corrected chi connectivity index (χ2v) is 9.06. The minimum atomic E-state index is -0.135. The molecule has 0 bridgehead atoms. The molecule has 1 atom stereocenters. The first kappa shape index (κ1) is 20.7. The number of urea groups is 2. The Morgan fingerprint density at radius 2 is 1.93 bits per heavy atom.